The molecule has 11 heavy (non-hydrogen) atoms. The zero-order chi connectivity index (χ0) is 8.10. The summed E-state index contributed by atoms with van der Waals surface area (Å²) in [4.78, 5) is 0. The predicted octanol–water partition coefficient (Wildman–Crippen LogP) is 0.400. The summed E-state index contributed by atoms with van der Waals surface area (Å²) in [6.07, 6.45) is 1.47. The van der Waals surface area contributed by atoms with E-state index in [0.29, 0.717) is 12.1 Å². The van der Waals surface area contributed by atoms with Crippen LogP contribution < -0.4 is 5.32 Å². The second kappa shape index (κ2) is 4.70. The molecule has 1 fully saturated rings. The van der Waals surface area contributed by atoms with E-state index < -0.39 is 0 Å². The van der Waals surface area contributed by atoms with Crippen molar-refractivity contribution in [1.82, 2.24) is 5.32 Å². The molecule has 0 spiro atoms. The van der Waals surface area contributed by atoms with Crippen LogP contribution >= 0.6 is 0 Å². The Labute approximate surface area is 68.1 Å². The van der Waals surface area contributed by atoms with E-state index in [1.165, 1.54) is 0 Å². The highest BCUT2D eigenvalue weighted by molar-refractivity contribution is 4.81. The quantitative estimate of drug-likeness (QED) is 0.644. The minimum atomic E-state index is 0.389. The van der Waals surface area contributed by atoms with Crippen LogP contribution in [-0.4, -0.2) is 39.0 Å². The molecule has 0 amide bonds. The summed E-state index contributed by atoms with van der Waals surface area (Å²) in [6.45, 7) is 4.60. The van der Waals surface area contributed by atoms with Crippen LogP contribution in [0.4, 0.5) is 0 Å². The molecule has 1 rings (SSSR count). The number of rotatable bonds is 4. The zero-order valence-corrected chi connectivity index (χ0v) is 7.30. The lowest BCUT2D eigenvalue weighted by Crippen LogP contribution is -2.26. The van der Waals surface area contributed by atoms with Gasteiger partial charge < -0.3 is 14.8 Å². The van der Waals surface area contributed by atoms with E-state index >= 15 is 0 Å². The zero-order valence-electron chi connectivity index (χ0n) is 7.30. The Morgan fingerprint density at radius 1 is 1.55 bits per heavy atom. The van der Waals surface area contributed by atoms with Gasteiger partial charge in [-0.2, -0.15) is 0 Å². The molecule has 0 aromatic carbocycles. The molecule has 1 aliphatic rings. The van der Waals surface area contributed by atoms with Crippen LogP contribution in [-0.2, 0) is 9.47 Å². The minimum absolute atomic E-state index is 0.389. The minimum Gasteiger partial charge on any atom is -0.380 e. The van der Waals surface area contributed by atoms with Crippen LogP contribution in [0.1, 0.15) is 13.3 Å². The molecule has 1 saturated heterocycles. The summed E-state index contributed by atoms with van der Waals surface area (Å²) in [7, 11) is 1.76. The van der Waals surface area contributed by atoms with Crippen LogP contribution in [0.2, 0.25) is 0 Å². The summed E-state index contributed by atoms with van der Waals surface area (Å²) in [5, 5.41) is 3.34. The van der Waals surface area contributed by atoms with Crippen LogP contribution in [0, 0.1) is 0 Å². The first-order valence-electron chi connectivity index (χ1n) is 4.20. The van der Waals surface area contributed by atoms with Gasteiger partial charge in [-0.3, -0.25) is 0 Å². The Kier molecular flexibility index (Phi) is 3.83. The third-order valence-electron chi connectivity index (χ3n) is 2.04. The molecule has 3 nitrogen and oxygen atoms in total. The average molecular weight is 159 g/mol. The van der Waals surface area contributed by atoms with Crippen molar-refractivity contribution >= 4 is 0 Å². The van der Waals surface area contributed by atoms with Crippen molar-refractivity contribution in [1.29, 1.82) is 0 Å². The second-order valence-electron chi connectivity index (χ2n) is 2.86. The topological polar surface area (TPSA) is 30.5 Å². The Morgan fingerprint density at radius 3 is 2.91 bits per heavy atom. The van der Waals surface area contributed by atoms with E-state index in [0.717, 1.165) is 26.2 Å². The first-order chi connectivity index (χ1) is 5.36. The molecule has 0 radical (unpaired) electrons. The molecule has 0 saturated carbocycles. The van der Waals surface area contributed by atoms with Gasteiger partial charge in [-0.1, -0.05) is 0 Å². The standard InChI is InChI=1S/C8H17NO2/c1-3-11-6-7-4-8(10-2)5-9-7/h7-9H,3-6H2,1-2H3/t7-,8-/m0/s1. The molecule has 0 bridgehead atoms. The molecular formula is C8H17NO2. The molecule has 1 heterocycles. The third-order valence-corrected chi connectivity index (χ3v) is 2.04. The van der Waals surface area contributed by atoms with E-state index in [-0.39, 0.29) is 0 Å². The first kappa shape index (κ1) is 8.97. The van der Waals surface area contributed by atoms with Gasteiger partial charge in [-0.25, -0.2) is 0 Å². The van der Waals surface area contributed by atoms with Crippen LogP contribution in [0.15, 0.2) is 0 Å². The van der Waals surface area contributed by atoms with Gasteiger partial charge in [0.2, 0.25) is 0 Å². The smallest absolute Gasteiger partial charge is 0.0711 e. The maximum atomic E-state index is 5.29. The lowest BCUT2D eigenvalue weighted by molar-refractivity contribution is 0.102. The molecule has 3 heteroatoms. The fourth-order valence-corrected chi connectivity index (χ4v) is 1.35. The number of hydrogen-bond donors (Lipinski definition) is 1. The van der Waals surface area contributed by atoms with Crippen LogP contribution in [0.5, 0.6) is 0 Å². The van der Waals surface area contributed by atoms with E-state index in [1.807, 2.05) is 6.92 Å². The van der Waals surface area contributed by atoms with E-state index in [2.05, 4.69) is 5.32 Å². The van der Waals surface area contributed by atoms with E-state index in [1.54, 1.807) is 7.11 Å². The first-order valence-corrected chi connectivity index (χ1v) is 4.20. The summed E-state index contributed by atoms with van der Waals surface area (Å²) < 4.78 is 10.5. The van der Waals surface area contributed by atoms with Crippen LogP contribution in [0.3, 0.4) is 0 Å². The average Bonchev–Trinajstić information content (AvgIpc) is 2.48. The SMILES string of the molecule is CCOC[C@@H]1C[C@H](OC)CN1. The van der Waals surface area contributed by atoms with E-state index in [9.17, 15) is 0 Å². The van der Waals surface area contributed by atoms with Crippen molar-refractivity contribution < 1.29 is 9.47 Å². The molecule has 66 valence electrons. The van der Waals surface area contributed by atoms with Gasteiger partial charge in [-0.15, -0.1) is 0 Å². The van der Waals surface area contributed by atoms with E-state index in [4.69, 9.17) is 9.47 Å². The maximum absolute atomic E-state index is 5.29. The molecule has 1 N–H and O–H groups in total. The number of hydrogen-bond acceptors (Lipinski definition) is 3. The molecule has 0 unspecified atom stereocenters. The molecule has 2 atom stereocenters. The predicted molar refractivity (Wildman–Crippen MR) is 43.7 cm³/mol. The summed E-state index contributed by atoms with van der Waals surface area (Å²) >= 11 is 0. The summed E-state index contributed by atoms with van der Waals surface area (Å²) in [5.74, 6) is 0. The fourth-order valence-electron chi connectivity index (χ4n) is 1.35. The third kappa shape index (κ3) is 2.77. The molecule has 0 aromatic rings. The molecular weight excluding hydrogens is 142 g/mol. The second-order valence-corrected chi connectivity index (χ2v) is 2.86. The highest BCUT2D eigenvalue weighted by Gasteiger charge is 2.23. The van der Waals surface area contributed by atoms with Gasteiger partial charge in [0.1, 0.15) is 0 Å². The highest BCUT2D eigenvalue weighted by Crippen LogP contribution is 2.09. The Morgan fingerprint density at radius 2 is 2.36 bits per heavy atom. The van der Waals surface area contributed by atoms with Gasteiger partial charge >= 0.3 is 0 Å². The van der Waals surface area contributed by atoms with Gasteiger partial charge in [0, 0.05) is 26.3 Å². The molecule has 0 aliphatic carbocycles. The van der Waals surface area contributed by atoms with Gasteiger partial charge in [-0.05, 0) is 13.3 Å². The van der Waals surface area contributed by atoms with Crippen molar-refractivity contribution in [3.63, 3.8) is 0 Å². The van der Waals surface area contributed by atoms with Crippen molar-refractivity contribution in [2.45, 2.75) is 25.5 Å². The van der Waals surface area contributed by atoms with Crippen molar-refractivity contribution in [3.8, 4) is 0 Å². The van der Waals surface area contributed by atoms with Gasteiger partial charge in [0.05, 0.1) is 12.7 Å². The number of ether oxygens (including phenoxy) is 2. The Hall–Kier alpha value is -0.120. The largest absolute Gasteiger partial charge is 0.380 e. The van der Waals surface area contributed by atoms with Crippen molar-refractivity contribution in [3.05, 3.63) is 0 Å². The molecule has 0 aromatic heterocycles. The van der Waals surface area contributed by atoms with Gasteiger partial charge in [0.25, 0.3) is 0 Å². The van der Waals surface area contributed by atoms with Crippen molar-refractivity contribution in [2.75, 3.05) is 26.9 Å². The lowest BCUT2D eigenvalue weighted by atomic mass is 10.2. The van der Waals surface area contributed by atoms with Crippen molar-refractivity contribution in [2.24, 2.45) is 0 Å². The monoisotopic (exact) mass is 159 g/mol. The number of nitrogens with one attached hydrogen (secondary N) is 1. The number of methoxy groups -OCH3 is 1. The lowest BCUT2D eigenvalue weighted by Gasteiger charge is -2.09. The Balaban J connectivity index is 2.09. The normalized spacial score (nSPS) is 31.1. The fraction of sp³-hybridized carbons (Fsp3) is 1.00. The summed E-state index contributed by atoms with van der Waals surface area (Å²) in [6, 6.07) is 0.500. The van der Waals surface area contributed by atoms with Gasteiger partial charge in [0.15, 0.2) is 0 Å². The Bertz CT molecular complexity index is 108. The molecule has 1 aliphatic heterocycles. The maximum Gasteiger partial charge on any atom is 0.0711 e. The summed E-state index contributed by atoms with van der Waals surface area (Å²) in [5.41, 5.74) is 0. The van der Waals surface area contributed by atoms with Crippen LogP contribution in [0.25, 0.3) is 0 Å². The highest BCUT2D eigenvalue weighted by atomic mass is 16.5.